The van der Waals surface area contributed by atoms with E-state index in [0.717, 1.165) is 6.54 Å². The summed E-state index contributed by atoms with van der Waals surface area (Å²) in [4.78, 5) is 3.25. The van der Waals surface area contributed by atoms with Crippen molar-refractivity contribution in [1.29, 1.82) is 0 Å². The second kappa shape index (κ2) is 6.89. The molecule has 0 bridgehead atoms. The third kappa shape index (κ3) is 3.53. The third-order valence-electron chi connectivity index (χ3n) is 2.98. The molecule has 0 radical (unpaired) electrons. The van der Waals surface area contributed by atoms with Gasteiger partial charge in [0, 0.05) is 16.6 Å². The fourth-order valence-corrected chi connectivity index (χ4v) is 3.16. The predicted octanol–water partition coefficient (Wildman–Crippen LogP) is 3.06. The highest BCUT2D eigenvalue weighted by molar-refractivity contribution is 7.19. The Kier molecular flexibility index (Phi) is 5.17. The normalized spacial score (nSPS) is 10.6. The minimum absolute atomic E-state index is 0. The van der Waals surface area contributed by atoms with E-state index in [9.17, 15) is 0 Å². The molecule has 0 aliphatic heterocycles. The zero-order valence-electron chi connectivity index (χ0n) is 11.9. The Bertz CT molecular complexity index is 679. The highest BCUT2D eigenvalue weighted by Gasteiger charge is 2.12. The largest absolute Gasteiger partial charge is 0.407 e. The second-order valence-corrected chi connectivity index (χ2v) is 5.78. The van der Waals surface area contributed by atoms with Crippen LogP contribution in [0.15, 0.2) is 34.7 Å². The number of nitrogens with one attached hydrogen (secondary N) is 1. The Hall–Kier alpha value is -1.63. The van der Waals surface area contributed by atoms with Crippen LogP contribution in [-0.4, -0.2) is 24.3 Å². The maximum atomic E-state index is 5.58. The minimum atomic E-state index is 0. The first-order chi connectivity index (χ1) is 9.76. The zero-order chi connectivity index (χ0) is 13.9. The summed E-state index contributed by atoms with van der Waals surface area (Å²) >= 11 is 1.79. The first-order valence-electron chi connectivity index (χ1n) is 6.42. The van der Waals surface area contributed by atoms with Crippen molar-refractivity contribution < 1.29 is 4.42 Å². The molecule has 3 aromatic rings. The van der Waals surface area contributed by atoms with E-state index in [1.165, 1.54) is 15.0 Å². The van der Waals surface area contributed by atoms with E-state index in [4.69, 9.17) is 4.42 Å². The van der Waals surface area contributed by atoms with Crippen molar-refractivity contribution in [2.45, 2.75) is 13.1 Å². The number of anilines is 1. The molecule has 21 heavy (non-hydrogen) atoms. The molecule has 3 rings (SSSR count). The summed E-state index contributed by atoms with van der Waals surface area (Å²) in [6.45, 7) is 1.35. The maximum absolute atomic E-state index is 5.58. The molecule has 7 heteroatoms. The summed E-state index contributed by atoms with van der Waals surface area (Å²) in [5, 5.41) is 12.3. The fraction of sp³-hybridized carbons (Fsp3) is 0.286. The molecule has 1 N–H and O–H groups in total. The van der Waals surface area contributed by atoms with Gasteiger partial charge in [-0.2, -0.15) is 0 Å². The Balaban J connectivity index is 0.00000161. The van der Waals surface area contributed by atoms with Crippen molar-refractivity contribution in [1.82, 2.24) is 15.5 Å². The number of thiophene rings is 1. The molecule has 0 saturated carbocycles. The molecule has 112 valence electrons. The van der Waals surface area contributed by atoms with E-state index in [1.807, 2.05) is 19.0 Å². The predicted molar refractivity (Wildman–Crippen MR) is 88.2 cm³/mol. The van der Waals surface area contributed by atoms with Crippen molar-refractivity contribution in [3.63, 3.8) is 0 Å². The number of rotatable bonds is 5. The number of benzene rings is 1. The highest BCUT2D eigenvalue weighted by atomic mass is 35.5. The molecule has 0 saturated heterocycles. The lowest BCUT2D eigenvalue weighted by atomic mass is 10.2. The number of hydrogen-bond donors (Lipinski definition) is 1. The lowest BCUT2D eigenvalue weighted by Crippen LogP contribution is -2.15. The molecular weight excluding hydrogens is 308 g/mol. The Morgan fingerprint density at radius 1 is 1.29 bits per heavy atom. The van der Waals surface area contributed by atoms with Gasteiger partial charge in [-0.15, -0.1) is 28.8 Å². The second-order valence-electron chi connectivity index (χ2n) is 4.62. The lowest BCUT2D eigenvalue weighted by Gasteiger charge is -2.11. The van der Waals surface area contributed by atoms with Crippen molar-refractivity contribution in [3.05, 3.63) is 41.1 Å². The van der Waals surface area contributed by atoms with Gasteiger partial charge < -0.3 is 14.6 Å². The summed E-state index contributed by atoms with van der Waals surface area (Å²) in [6.07, 6.45) is 0. The van der Waals surface area contributed by atoms with Crippen molar-refractivity contribution in [2.24, 2.45) is 0 Å². The van der Waals surface area contributed by atoms with Crippen LogP contribution in [0.1, 0.15) is 10.8 Å². The summed E-state index contributed by atoms with van der Waals surface area (Å²) in [7, 11) is 3.81. The van der Waals surface area contributed by atoms with Gasteiger partial charge in [0.05, 0.1) is 13.1 Å². The van der Waals surface area contributed by atoms with Gasteiger partial charge in [-0.25, -0.2) is 0 Å². The van der Waals surface area contributed by atoms with Gasteiger partial charge >= 0.3 is 6.01 Å². The Morgan fingerprint density at radius 3 is 2.86 bits per heavy atom. The quantitative estimate of drug-likeness (QED) is 0.781. The van der Waals surface area contributed by atoms with Crippen LogP contribution in [-0.2, 0) is 13.1 Å². The van der Waals surface area contributed by atoms with Gasteiger partial charge in [-0.3, -0.25) is 0 Å². The molecule has 5 nitrogen and oxygen atoms in total. The third-order valence-corrected chi connectivity index (χ3v) is 4.08. The standard InChI is InChI=1S/C14H16N4OS.ClH/c1-15-8-13-16-17-14(19-13)18(2)9-11-7-10-5-3-4-6-12(10)20-11;/h3-7,15H,8-9H2,1-2H3;1H. The van der Waals surface area contributed by atoms with Crippen LogP contribution in [0.2, 0.25) is 0 Å². The van der Waals surface area contributed by atoms with Crippen LogP contribution in [0.3, 0.4) is 0 Å². The number of nitrogens with zero attached hydrogens (tertiary/aromatic N) is 3. The van der Waals surface area contributed by atoms with Crippen LogP contribution < -0.4 is 10.2 Å². The van der Waals surface area contributed by atoms with Crippen LogP contribution >= 0.6 is 23.7 Å². The van der Waals surface area contributed by atoms with E-state index >= 15 is 0 Å². The van der Waals surface area contributed by atoms with E-state index in [-0.39, 0.29) is 12.4 Å². The molecular formula is C14H17ClN4OS. The van der Waals surface area contributed by atoms with Gasteiger partial charge in [-0.1, -0.05) is 23.3 Å². The summed E-state index contributed by atoms with van der Waals surface area (Å²) in [5.74, 6) is 0.602. The SMILES string of the molecule is CNCc1nnc(N(C)Cc2cc3ccccc3s2)o1.Cl. The Labute approximate surface area is 133 Å². The molecule has 0 unspecified atom stereocenters. The summed E-state index contributed by atoms with van der Waals surface area (Å²) in [5.41, 5.74) is 0. The van der Waals surface area contributed by atoms with E-state index in [1.54, 1.807) is 11.3 Å². The van der Waals surface area contributed by atoms with Crippen LogP contribution in [0, 0.1) is 0 Å². The first-order valence-corrected chi connectivity index (χ1v) is 7.23. The molecule has 1 aromatic carbocycles. The summed E-state index contributed by atoms with van der Waals surface area (Å²) in [6, 6.07) is 11.2. The van der Waals surface area contributed by atoms with Gasteiger partial charge in [0.25, 0.3) is 0 Å². The minimum Gasteiger partial charge on any atom is -0.407 e. The van der Waals surface area contributed by atoms with Crippen LogP contribution in [0.4, 0.5) is 6.01 Å². The zero-order valence-corrected chi connectivity index (χ0v) is 13.5. The van der Waals surface area contributed by atoms with Crippen LogP contribution in [0.5, 0.6) is 0 Å². The van der Waals surface area contributed by atoms with Crippen molar-refractivity contribution in [2.75, 3.05) is 19.0 Å². The topological polar surface area (TPSA) is 54.2 Å². The molecule has 2 aromatic heterocycles. The number of halogens is 1. The van der Waals surface area contributed by atoms with Gasteiger partial charge in [0.1, 0.15) is 0 Å². The maximum Gasteiger partial charge on any atom is 0.318 e. The molecule has 0 aliphatic rings. The first kappa shape index (κ1) is 15.8. The Morgan fingerprint density at radius 2 is 2.10 bits per heavy atom. The molecule has 2 heterocycles. The molecule has 0 aliphatic carbocycles. The van der Waals surface area contributed by atoms with Crippen molar-refractivity contribution >= 4 is 39.8 Å². The van der Waals surface area contributed by atoms with Gasteiger partial charge in [0.2, 0.25) is 5.89 Å². The molecule has 0 fully saturated rings. The van der Waals surface area contributed by atoms with E-state index in [2.05, 4.69) is 45.8 Å². The molecule has 0 amide bonds. The van der Waals surface area contributed by atoms with Crippen molar-refractivity contribution in [3.8, 4) is 0 Å². The highest BCUT2D eigenvalue weighted by Crippen LogP contribution is 2.27. The van der Waals surface area contributed by atoms with Gasteiger partial charge in [0.15, 0.2) is 0 Å². The monoisotopic (exact) mass is 324 g/mol. The van der Waals surface area contributed by atoms with E-state index in [0.29, 0.717) is 18.5 Å². The number of hydrogen-bond acceptors (Lipinski definition) is 6. The molecule has 0 spiro atoms. The summed E-state index contributed by atoms with van der Waals surface area (Å²) < 4.78 is 6.88. The fourth-order valence-electron chi connectivity index (χ4n) is 2.04. The average molecular weight is 325 g/mol. The van der Waals surface area contributed by atoms with E-state index < -0.39 is 0 Å². The van der Waals surface area contributed by atoms with Gasteiger partial charge in [-0.05, 0) is 24.6 Å². The molecule has 0 atom stereocenters. The smallest absolute Gasteiger partial charge is 0.318 e. The average Bonchev–Trinajstić information content (AvgIpc) is 3.04. The number of fused-ring (bicyclic) bond motifs is 1. The van der Waals surface area contributed by atoms with Crippen LogP contribution in [0.25, 0.3) is 10.1 Å². The number of aromatic nitrogens is 2. The lowest BCUT2D eigenvalue weighted by molar-refractivity contribution is 0.476.